The average Bonchev–Trinajstić information content (AvgIpc) is 1.90. The second kappa shape index (κ2) is 2.71. The van der Waals surface area contributed by atoms with Crippen LogP contribution >= 0.6 is 0 Å². The summed E-state index contributed by atoms with van der Waals surface area (Å²) >= 11 is 0. The SMILES string of the molecule is NC(=O)N1CC[CH]CC1. The first-order valence-corrected chi connectivity index (χ1v) is 3.17. The number of nitrogens with two attached hydrogens (primary N) is 1. The van der Waals surface area contributed by atoms with E-state index in [1.54, 1.807) is 4.90 Å². The molecule has 1 fully saturated rings. The van der Waals surface area contributed by atoms with Crippen LogP contribution in [0.5, 0.6) is 0 Å². The van der Waals surface area contributed by atoms with Gasteiger partial charge in [-0.1, -0.05) is 0 Å². The zero-order valence-electron chi connectivity index (χ0n) is 5.34. The van der Waals surface area contributed by atoms with E-state index >= 15 is 0 Å². The summed E-state index contributed by atoms with van der Waals surface area (Å²) in [7, 11) is 0. The number of urea groups is 1. The molecule has 3 nitrogen and oxygen atoms in total. The molecule has 1 radical (unpaired) electrons. The van der Waals surface area contributed by atoms with E-state index in [0.29, 0.717) is 0 Å². The van der Waals surface area contributed by atoms with E-state index in [1.165, 1.54) is 0 Å². The van der Waals surface area contributed by atoms with E-state index < -0.39 is 0 Å². The Hall–Kier alpha value is -0.730. The number of piperidine rings is 1. The van der Waals surface area contributed by atoms with Gasteiger partial charge in [-0.15, -0.1) is 0 Å². The fourth-order valence-corrected chi connectivity index (χ4v) is 0.971. The summed E-state index contributed by atoms with van der Waals surface area (Å²) in [5.41, 5.74) is 5.04. The molecule has 0 unspecified atom stereocenters. The van der Waals surface area contributed by atoms with Crippen molar-refractivity contribution in [3.8, 4) is 0 Å². The Morgan fingerprint density at radius 1 is 1.44 bits per heavy atom. The van der Waals surface area contributed by atoms with Crippen LogP contribution < -0.4 is 5.73 Å². The fraction of sp³-hybridized carbons (Fsp3) is 0.667. The molecule has 1 aliphatic heterocycles. The molecule has 1 rings (SSSR count). The molecule has 0 aromatic carbocycles. The largest absolute Gasteiger partial charge is 0.351 e. The smallest absolute Gasteiger partial charge is 0.314 e. The zero-order valence-corrected chi connectivity index (χ0v) is 5.34. The van der Waals surface area contributed by atoms with Crippen molar-refractivity contribution >= 4 is 6.03 Å². The molecule has 0 aromatic rings. The maximum absolute atomic E-state index is 10.5. The van der Waals surface area contributed by atoms with Crippen molar-refractivity contribution in [3.05, 3.63) is 6.42 Å². The van der Waals surface area contributed by atoms with E-state index in [4.69, 9.17) is 5.73 Å². The Morgan fingerprint density at radius 3 is 2.33 bits per heavy atom. The molecule has 51 valence electrons. The summed E-state index contributed by atoms with van der Waals surface area (Å²) in [5, 5.41) is 0. The monoisotopic (exact) mass is 127 g/mol. The third-order valence-electron chi connectivity index (χ3n) is 1.52. The molecule has 0 aromatic heterocycles. The highest BCUT2D eigenvalue weighted by Gasteiger charge is 2.11. The molecule has 0 aliphatic carbocycles. The molecule has 2 N–H and O–H groups in total. The Labute approximate surface area is 54.8 Å². The first-order chi connectivity index (χ1) is 4.30. The summed E-state index contributed by atoms with van der Waals surface area (Å²) in [6.45, 7) is 1.60. The van der Waals surface area contributed by atoms with Crippen LogP contribution in [0.3, 0.4) is 0 Å². The van der Waals surface area contributed by atoms with Gasteiger partial charge >= 0.3 is 6.03 Å². The first kappa shape index (κ1) is 6.39. The lowest BCUT2D eigenvalue weighted by Gasteiger charge is -2.23. The van der Waals surface area contributed by atoms with Crippen molar-refractivity contribution in [2.45, 2.75) is 12.8 Å². The third-order valence-corrected chi connectivity index (χ3v) is 1.52. The number of nitrogens with zero attached hydrogens (tertiary/aromatic N) is 1. The lowest BCUT2D eigenvalue weighted by atomic mass is 10.1. The van der Waals surface area contributed by atoms with Crippen molar-refractivity contribution in [2.24, 2.45) is 5.73 Å². The van der Waals surface area contributed by atoms with Crippen LogP contribution in [0.1, 0.15) is 12.8 Å². The van der Waals surface area contributed by atoms with Crippen LogP contribution in [0.25, 0.3) is 0 Å². The van der Waals surface area contributed by atoms with Gasteiger partial charge in [0.05, 0.1) is 0 Å². The molecule has 0 bridgehead atoms. The normalized spacial score (nSPS) is 19.8. The van der Waals surface area contributed by atoms with Crippen LogP contribution in [-0.2, 0) is 0 Å². The van der Waals surface area contributed by atoms with Gasteiger partial charge in [-0.25, -0.2) is 4.79 Å². The maximum atomic E-state index is 10.5. The lowest BCUT2D eigenvalue weighted by Crippen LogP contribution is -2.39. The summed E-state index contributed by atoms with van der Waals surface area (Å²) in [6.07, 6.45) is 4.16. The minimum Gasteiger partial charge on any atom is -0.351 e. The van der Waals surface area contributed by atoms with E-state index in [1.807, 2.05) is 0 Å². The van der Waals surface area contributed by atoms with Crippen molar-refractivity contribution in [1.82, 2.24) is 4.90 Å². The van der Waals surface area contributed by atoms with Crippen molar-refractivity contribution in [3.63, 3.8) is 0 Å². The van der Waals surface area contributed by atoms with Gasteiger partial charge in [-0.2, -0.15) is 0 Å². The number of amides is 2. The molecule has 1 heterocycles. The van der Waals surface area contributed by atoms with E-state index in [-0.39, 0.29) is 6.03 Å². The van der Waals surface area contributed by atoms with Crippen LogP contribution in [0.2, 0.25) is 0 Å². The average molecular weight is 127 g/mol. The second-order valence-electron chi connectivity index (χ2n) is 2.19. The number of carbonyl (C=O) groups is 1. The van der Waals surface area contributed by atoms with Crippen LogP contribution in [0.4, 0.5) is 4.79 Å². The highest BCUT2D eigenvalue weighted by molar-refractivity contribution is 5.72. The van der Waals surface area contributed by atoms with Gasteiger partial charge in [0.1, 0.15) is 0 Å². The highest BCUT2D eigenvalue weighted by Crippen LogP contribution is 2.05. The van der Waals surface area contributed by atoms with Gasteiger partial charge in [-0.3, -0.25) is 0 Å². The number of likely N-dealkylation sites (tertiary alicyclic amines) is 1. The predicted octanol–water partition coefficient (Wildman–Crippen LogP) is 0.365. The van der Waals surface area contributed by atoms with Gasteiger partial charge in [0, 0.05) is 13.1 Å². The Balaban J connectivity index is 2.31. The van der Waals surface area contributed by atoms with Crippen molar-refractivity contribution in [2.75, 3.05) is 13.1 Å². The summed E-state index contributed by atoms with van der Waals surface area (Å²) in [4.78, 5) is 12.2. The molecule has 0 saturated carbocycles. The Bertz CT molecular complexity index is 108. The lowest BCUT2D eigenvalue weighted by molar-refractivity contribution is 0.203. The number of rotatable bonds is 0. The van der Waals surface area contributed by atoms with Gasteiger partial charge in [0.2, 0.25) is 0 Å². The van der Waals surface area contributed by atoms with E-state index in [9.17, 15) is 4.79 Å². The molecule has 2 amide bonds. The number of hydrogen-bond acceptors (Lipinski definition) is 1. The molecule has 0 atom stereocenters. The fourth-order valence-electron chi connectivity index (χ4n) is 0.971. The Morgan fingerprint density at radius 2 is 2.00 bits per heavy atom. The van der Waals surface area contributed by atoms with Gasteiger partial charge in [0.25, 0.3) is 0 Å². The number of primary amides is 1. The quantitative estimate of drug-likeness (QED) is 0.502. The maximum Gasteiger partial charge on any atom is 0.314 e. The van der Waals surface area contributed by atoms with Gasteiger partial charge < -0.3 is 10.6 Å². The molecule has 3 heteroatoms. The molecule has 0 spiro atoms. The second-order valence-corrected chi connectivity index (χ2v) is 2.19. The molecule has 9 heavy (non-hydrogen) atoms. The number of hydrogen-bond donors (Lipinski definition) is 1. The first-order valence-electron chi connectivity index (χ1n) is 3.17. The van der Waals surface area contributed by atoms with Crippen LogP contribution in [0.15, 0.2) is 0 Å². The summed E-state index contributed by atoms with van der Waals surface area (Å²) in [5.74, 6) is 0. The number of carbonyl (C=O) groups excluding carboxylic acids is 1. The molecular formula is C6H11N2O. The van der Waals surface area contributed by atoms with Crippen molar-refractivity contribution in [1.29, 1.82) is 0 Å². The van der Waals surface area contributed by atoms with Crippen molar-refractivity contribution < 1.29 is 4.79 Å². The molecule has 1 saturated heterocycles. The summed E-state index contributed by atoms with van der Waals surface area (Å²) < 4.78 is 0. The minimum atomic E-state index is -0.289. The topological polar surface area (TPSA) is 46.3 Å². The Kier molecular flexibility index (Phi) is 1.92. The molecular weight excluding hydrogens is 116 g/mol. The third kappa shape index (κ3) is 1.59. The predicted molar refractivity (Wildman–Crippen MR) is 34.7 cm³/mol. The van der Waals surface area contributed by atoms with Gasteiger partial charge in [0.15, 0.2) is 0 Å². The van der Waals surface area contributed by atoms with E-state index in [0.717, 1.165) is 25.9 Å². The highest BCUT2D eigenvalue weighted by atomic mass is 16.2. The standard InChI is InChI=1S/C6H11N2O/c7-6(9)8-4-2-1-3-5-8/h1H,2-5H2,(H2,7,9). The van der Waals surface area contributed by atoms with Crippen LogP contribution in [0, 0.1) is 6.42 Å². The summed E-state index contributed by atoms with van der Waals surface area (Å²) in [6, 6.07) is -0.289. The minimum absolute atomic E-state index is 0.289. The van der Waals surface area contributed by atoms with Gasteiger partial charge in [-0.05, 0) is 19.3 Å². The van der Waals surface area contributed by atoms with Crippen LogP contribution in [-0.4, -0.2) is 24.0 Å². The zero-order chi connectivity index (χ0) is 6.69. The van der Waals surface area contributed by atoms with E-state index in [2.05, 4.69) is 6.42 Å². The molecule has 1 aliphatic rings.